The summed E-state index contributed by atoms with van der Waals surface area (Å²) in [7, 11) is 0. The lowest BCUT2D eigenvalue weighted by molar-refractivity contribution is 0.612. The van der Waals surface area contributed by atoms with Crippen molar-refractivity contribution >= 4 is 16.9 Å². The third kappa shape index (κ3) is 2.52. The molecule has 4 rings (SSSR count). The number of hydrogen-bond acceptors (Lipinski definition) is 4. The zero-order chi connectivity index (χ0) is 17.4. The zero-order valence-corrected chi connectivity index (χ0v) is 14.4. The van der Waals surface area contributed by atoms with E-state index in [4.69, 9.17) is 4.98 Å². The lowest BCUT2D eigenvalue weighted by Crippen LogP contribution is -2.20. The minimum atomic E-state index is -0.158. The number of aromatic nitrogens is 6. The summed E-state index contributed by atoms with van der Waals surface area (Å²) in [5.74, 6) is 1.83. The van der Waals surface area contributed by atoms with E-state index >= 15 is 0 Å². The fourth-order valence-electron chi connectivity index (χ4n) is 3.14. The molecule has 0 aliphatic rings. The number of H-pyrrole nitrogens is 1. The van der Waals surface area contributed by atoms with E-state index in [9.17, 15) is 4.79 Å². The van der Waals surface area contributed by atoms with Gasteiger partial charge >= 0.3 is 0 Å². The fraction of sp³-hybridized carbons (Fsp3) is 0.333. The molecular formula is C18H20N6O. The third-order valence-corrected chi connectivity index (χ3v) is 4.44. The van der Waals surface area contributed by atoms with Gasteiger partial charge in [0.1, 0.15) is 11.6 Å². The Hall–Kier alpha value is -2.96. The lowest BCUT2D eigenvalue weighted by atomic mass is 10.2. The van der Waals surface area contributed by atoms with Crippen LogP contribution in [0.3, 0.4) is 0 Å². The summed E-state index contributed by atoms with van der Waals surface area (Å²) < 4.78 is 3.55. The van der Waals surface area contributed by atoms with Crippen molar-refractivity contribution < 1.29 is 0 Å². The Morgan fingerprint density at radius 3 is 2.68 bits per heavy atom. The average Bonchev–Trinajstić information content (AvgIpc) is 3.24. The van der Waals surface area contributed by atoms with Crippen molar-refractivity contribution in [3.05, 3.63) is 46.5 Å². The highest BCUT2D eigenvalue weighted by atomic mass is 16.1. The molecule has 0 saturated heterocycles. The van der Waals surface area contributed by atoms with Gasteiger partial charge in [0.25, 0.3) is 5.56 Å². The number of aromatic amines is 1. The Morgan fingerprint density at radius 2 is 1.92 bits per heavy atom. The largest absolute Gasteiger partial charge is 0.332 e. The summed E-state index contributed by atoms with van der Waals surface area (Å²) >= 11 is 0. The van der Waals surface area contributed by atoms with Crippen LogP contribution in [0.25, 0.3) is 28.3 Å². The van der Waals surface area contributed by atoms with Crippen LogP contribution < -0.4 is 5.56 Å². The number of benzene rings is 1. The molecule has 0 fully saturated rings. The molecular weight excluding hydrogens is 316 g/mol. The zero-order valence-electron chi connectivity index (χ0n) is 14.4. The first-order valence-corrected chi connectivity index (χ1v) is 8.60. The fourth-order valence-corrected chi connectivity index (χ4v) is 3.14. The van der Waals surface area contributed by atoms with Gasteiger partial charge in [0.2, 0.25) is 5.78 Å². The van der Waals surface area contributed by atoms with Gasteiger partial charge in [-0.25, -0.2) is 9.38 Å². The lowest BCUT2D eigenvalue weighted by Gasteiger charge is -2.08. The third-order valence-electron chi connectivity index (χ3n) is 4.44. The molecule has 3 heterocycles. The van der Waals surface area contributed by atoms with Crippen molar-refractivity contribution in [3.63, 3.8) is 0 Å². The molecule has 1 aromatic carbocycles. The average molecular weight is 336 g/mol. The smallest absolute Gasteiger partial charge is 0.286 e. The molecule has 0 spiro atoms. The van der Waals surface area contributed by atoms with Crippen molar-refractivity contribution in [2.45, 2.75) is 39.7 Å². The van der Waals surface area contributed by atoms with Crippen LogP contribution in [-0.2, 0) is 6.54 Å². The van der Waals surface area contributed by atoms with E-state index in [0.29, 0.717) is 28.6 Å². The maximum atomic E-state index is 12.9. The van der Waals surface area contributed by atoms with Crippen molar-refractivity contribution in [3.8, 4) is 11.4 Å². The van der Waals surface area contributed by atoms with E-state index in [1.54, 1.807) is 11.3 Å². The topological polar surface area (TPSA) is 80.9 Å². The summed E-state index contributed by atoms with van der Waals surface area (Å²) in [4.78, 5) is 20.8. The van der Waals surface area contributed by atoms with Gasteiger partial charge in [-0.2, -0.15) is 0 Å². The van der Waals surface area contributed by atoms with E-state index in [0.717, 1.165) is 31.4 Å². The number of rotatable bonds is 5. The molecule has 25 heavy (non-hydrogen) atoms. The number of unbranched alkanes of at least 4 members (excludes halogenated alkanes) is 2. The molecule has 0 atom stereocenters. The van der Waals surface area contributed by atoms with Crippen LogP contribution in [0, 0.1) is 6.92 Å². The first-order valence-electron chi connectivity index (χ1n) is 8.60. The molecule has 3 aromatic heterocycles. The molecule has 0 unspecified atom stereocenters. The Morgan fingerprint density at radius 1 is 1.12 bits per heavy atom. The van der Waals surface area contributed by atoms with E-state index in [1.165, 1.54) is 0 Å². The second-order valence-electron chi connectivity index (χ2n) is 6.20. The van der Waals surface area contributed by atoms with Crippen molar-refractivity contribution in [1.82, 2.24) is 29.1 Å². The quantitative estimate of drug-likeness (QED) is 0.568. The monoisotopic (exact) mass is 336 g/mol. The normalized spacial score (nSPS) is 11.6. The SMILES string of the molecule is CCCCCn1c2nc(-c3ccccc3)[nH]c2c(=O)n2c(C)nnc12. The van der Waals surface area contributed by atoms with Gasteiger partial charge in [-0.3, -0.25) is 9.36 Å². The summed E-state index contributed by atoms with van der Waals surface area (Å²) in [6, 6.07) is 9.82. The van der Waals surface area contributed by atoms with Crippen molar-refractivity contribution in [1.29, 1.82) is 0 Å². The summed E-state index contributed by atoms with van der Waals surface area (Å²) in [6.07, 6.45) is 3.24. The Balaban J connectivity index is 1.99. The minimum Gasteiger partial charge on any atom is -0.332 e. The molecule has 0 bridgehead atoms. The van der Waals surface area contributed by atoms with E-state index in [-0.39, 0.29) is 5.56 Å². The second-order valence-corrected chi connectivity index (χ2v) is 6.20. The number of nitrogens with one attached hydrogen (secondary N) is 1. The predicted octanol–water partition coefficient (Wildman–Crippen LogP) is 2.93. The number of nitrogens with zero attached hydrogens (tertiary/aromatic N) is 5. The van der Waals surface area contributed by atoms with Crippen LogP contribution in [0.2, 0.25) is 0 Å². The molecule has 7 heteroatoms. The number of hydrogen-bond donors (Lipinski definition) is 1. The first-order chi connectivity index (χ1) is 12.2. The van der Waals surface area contributed by atoms with Gasteiger partial charge in [-0.1, -0.05) is 50.1 Å². The van der Waals surface area contributed by atoms with E-state index in [2.05, 4.69) is 22.1 Å². The summed E-state index contributed by atoms with van der Waals surface area (Å²) in [6.45, 7) is 4.71. The Labute approximate surface area is 144 Å². The van der Waals surface area contributed by atoms with E-state index < -0.39 is 0 Å². The second kappa shape index (κ2) is 6.16. The summed E-state index contributed by atoms with van der Waals surface area (Å²) in [5, 5.41) is 8.29. The number of aryl methyl sites for hydroxylation is 2. The van der Waals surface area contributed by atoms with Gasteiger partial charge in [0, 0.05) is 12.1 Å². The number of fused-ring (bicyclic) bond motifs is 2. The van der Waals surface area contributed by atoms with Crippen LogP contribution in [0.1, 0.15) is 32.0 Å². The van der Waals surface area contributed by atoms with E-state index in [1.807, 2.05) is 34.9 Å². The highest BCUT2D eigenvalue weighted by molar-refractivity contribution is 5.77. The Bertz CT molecular complexity index is 1090. The maximum Gasteiger partial charge on any atom is 0.286 e. The highest BCUT2D eigenvalue weighted by Crippen LogP contribution is 2.20. The standard InChI is InChI=1S/C18H20N6O/c1-3-4-8-11-23-16-14(17(25)24-12(2)21-22-18(23)24)19-15(20-16)13-9-6-5-7-10-13/h5-7,9-10H,3-4,8,11H2,1-2H3,(H,19,20). The minimum absolute atomic E-state index is 0.158. The molecule has 0 saturated carbocycles. The first kappa shape index (κ1) is 15.6. The van der Waals surface area contributed by atoms with Gasteiger partial charge in [0.05, 0.1) is 0 Å². The molecule has 128 valence electrons. The van der Waals surface area contributed by atoms with Crippen LogP contribution in [0.15, 0.2) is 35.1 Å². The van der Waals surface area contributed by atoms with Crippen LogP contribution >= 0.6 is 0 Å². The molecule has 4 aromatic rings. The van der Waals surface area contributed by atoms with Crippen molar-refractivity contribution in [2.75, 3.05) is 0 Å². The molecule has 0 amide bonds. The molecule has 0 radical (unpaired) electrons. The van der Waals surface area contributed by atoms with Crippen LogP contribution in [0.5, 0.6) is 0 Å². The van der Waals surface area contributed by atoms with Gasteiger partial charge < -0.3 is 4.98 Å². The molecule has 0 aliphatic heterocycles. The molecule has 0 aliphatic carbocycles. The van der Waals surface area contributed by atoms with Gasteiger partial charge in [-0.05, 0) is 13.3 Å². The van der Waals surface area contributed by atoms with Gasteiger partial charge in [0.15, 0.2) is 11.2 Å². The Kier molecular flexibility index (Phi) is 3.83. The van der Waals surface area contributed by atoms with Gasteiger partial charge in [-0.15, -0.1) is 10.2 Å². The maximum absolute atomic E-state index is 12.9. The molecule has 1 N–H and O–H groups in total. The van der Waals surface area contributed by atoms with Crippen molar-refractivity contribution in [2.24, 2.45) is 0 Å². The highest BCUT2D eigenvalue weighted by Gasteiger charge is 2.18. The number of imidazole rings is 1. The van der Waals surface area contributed by atoms with Crippen LogP contribution in [0.4, 0.5) is 0 Å². The molecule has 7 nitrogen and oxygen atoms in total. The van der Waals surface area contributed by atoms with Crippen LogP contribution in [-0.4, -0.2) is 29.1 Å². The summed E-state index contributed by atoms with van der Waals surface area (Å²) in [5.41, 5.74) is 1.92. The predicted molar refractivity (Wildman–Crippen MR) is 96.6 cm³/mol.